The van der Waals surface area contributed by atoms with E-state index >= 15 is 0 Å². The Hall–Kier alpha value is -1.10. The highest BCUT2D eigenvalue weighted by Gasteiger charge is 2.24. The molecule has 22 heavy (non-hydrogen) atoms. The molecular formula is C17H16Cl2O3. The number of hydrogen-bond donors (Lipinski definition) is 0. The van der Waals surface area contributed by atoms with Gasteiger partial charge in [0.25, 0.3) is 0 Å². The predicted octanol–water partition coefficient (Wildman–Crippen LogP) is 4.62. The highest BCUT2D eigenvalue weighted by Crippen LogP contribution is 2.29. The second-order valence-corrected chi connectivity index (χ2v) is 5.99. The summed E-state index contributed by atoms with van der Waals surface area (Å²) >= 11 is 12.0. The van der Waals surface area contributed by atoms with Gasteiger partial charge >= 0.3 is 0 Å². The number of hydrogen-bond acceptors (Lipinski definition) is 3. The molecule has 0 bridgehead atoms. The Morgan fingerprint density at radius 1 is 0.955 bits per heavy atom. The van der Waals surface area contributed by atoms with Gasteiger partial charge in [-0.25, -0.2) is 0 Å². The third kappa shape index (κ3) is 4.22. The third-order valence-electron chi connectivity index (χ3n) is 3.35. The first-order valence-electron chi connectivity index (χ1n) is 7.05. The van der Waals surface area contributed by atoms with Crippen LogP contribution in [0.3, 0.4) is 0 Å². The zero-order valence-electron chi connectivity index (χ0n) is 11.9. The molecule has 0 N–H and O–H groups in total. The highest BCUT2D eigenvalue weighted by molar-refractivity contribution is 6.34. The van der Waals surface area contributed by atoms with E-state index in [0.717, 1.165) is 11.1 Å². The van der Waals surface area contributed by atoms with Crippen LogP contribution in [0.25, 0.3) is 0 Å². The first-order chi connectivity index (χ1) is 10.7. The van der Waals surface area contributed by atoms with Gasteiger partial charge in [0, 0.05) is 15.6 Å². The standard InChI is InChI=1S/C17H16Cl2O3/c18-14-6-13(7-15(19)8-14)17-21-10-16(11-22-17)20-9-12-4-2-1-3-5-12/h1-8,16-17H,9-11H2. The Balaban J connectivity index is 1.52. The average molecular weight is 339 g/mol. The summed E-state index contributed by atoms with van der Waals surface area (Å²) in [5.41, 5.74) is 1.95. The van der Waals surface area contributed by atoms with Gasteiger partial charge in [0.05, 0.1) is 19.8 Å². The molecule has 0 spiro atoms. The van der Waals surface area contributed by atoms with Gasteiger partial charge in [0.15, 0.2) is 6.29 Å². The number of ether oxygens (including phenoxy) is 3. The Morgan fingerprint density at radius 2 is 1.59 bits per heavy atom. The van der Waals surface area contributed by atoms with Crippen LogP contribution in [0.5, 0.6) is 0 Å². The minimum atomic E-state index is -0.451. The minimum absolute atomic E-state index is 0.0777. The molecule has 1 aliphatic heterocycles. The topological polar surface area (TPSA) is 27.7 Å². The first kappa shape index (κ1) is 15.8. The molecule has 1 fully saturated rings. The fourth-order valence-electron chi connectivity index (χ4n) is 2.27. The lowest BCUT2D eigenvalue weighted by Gasteiger charge is -2.29. The molecule has 0 amide bonds. The van der Waals surface area contributed by atoms with Crippen LogP contribution in [-0.4, -0.2) is 19.3 Å². The number of benzene rings is 2. The van der Waals surface area contributed by atoms with E-state index in [2.05, 4.69) is 0 Å². The third-order valence-corrected chi connectivity index (χ3v) is 3.79. The van der Waals surface area contributed by atoms with Crippen LogP contribution in [0.4, 0.5) is 0 Å². The smallest absolute Gasteiger partial charge is 0.184 e. The van der Waals surface area contributed by atoms with E-state index in [1.165, 1.54) is 0 Å². The maximum atomic E-state index is 6.00. The van der Waals surface area contributed by atoms with Crippen molar-refractivity contribution in [3.8, 4) is 0 Å². The molecule has 3 nitrogen and oxygen atoms in total. The van der Waals surface area contributed by atoms with Gasteiger partial charge in [-0.05, 0) is 23.8 Å². The van der Waals surface area contributed by atoms with Gasteiger partial charge in [-0.15, -0.1) is 0 Å². The Bertz CT molecular complexity index is 590. The van der Waals surface area contributed by atoms with Crippen LogP contribution in [0.2, 0.25) is 10.0 Å². The molecule has 5 heteroatoms. The summed E-state index contributed by atoms with van der Waals surface area (Å²) in [5, 5.41) is 1.13. The van der Waals surface area contributed by atoms with E-state index in [4.69, 9.17) is 37.4 Å². The lowest BCUT2D eigenvalue weighted by molar-refractivity contribution is -0.232. The van der Waals surface area contributed by atoms with Crippen molar-refractivity contribution in [3.05, 3.63) is 69.7 Å². The van der Waals surface area contributed by atoms with Crippen molar-refractivity contribution in [2.75, 3.05) is 13.2 Å². The van der Waals surface area contributed by atoms with E-state index in [1.54, 1.807) is 18.2 Å². The van der Waals surface area contributed by atoms with Crippen LogP contribution < -0.4 is 0 Å². The van der Waals surface area contributed by atoms with Crippen LogP contribution >= 0.6 is 23.2 Å². The van der Waals surface area contributed by atoms with E-state index in [0.29, 0.717) is 29.9 Å². The maximum Gasteiger partial charge on any atom is 0.184 e. The molecule has 1 heterocycles. The molecule has 0 atom stereocenters. The van der Waals surface area contributed by atoms with Crippen molar-refractivity contribution in [2.24, 2.45) is 0 Å². The molecule has 116 valence electrons. The molecule has 0 saturated carbocycles. The van der Waals surface area contributed by atoms with Gasteiger partial charge in [0.2, 0.25) is 0 Å². The van der Waals surface area contributed by atoms with Crippen LogP contribution in [0.15, 0.2) is 48.5 Å². The van der Waals surface area contributed by atoms with E-state index in [9.17, 15) is 0 Å². The largest absolute Gasteiger partial charge is 0.369 e. The zero-order valence-corrected chi connectivity index (χ0v) is 13.4. The SMILES string of the molecule is Clc1cc(Cl)cc(C2OCC(OCc3ccccc3)CO2)c1. The summed E-state index contributed by atoms with van der Waals surface area (Å²) < 4.78 is 17.2. The molecule has 3 rings (SSSR count). The fraction of sp³-hybridized carbons (Fsp3) is 0.294. The van der Waals surface area contributed by atoms with E-state index in [1.807, 2.05) is 30.3 Å². The van der Waals surface area contributed by atoms with E-state index in [-0.39, 0.29) is 6.10 Å². The van der Waals surface area contributed by atoms with Crippen molar-refractivity contribution in [3.63, 3.8) is 0 Å². The minimum Gasteiger partial charge on any atom is -0.369 e. The molecular weight excluding hydrogens is 323 g/mol. The Morgan fingerprint density at radius 3 is 2.23 bits per heavy atom. The van der Waals surface area contributed by atoms with Crippen molar-refractivity contribution in [2.45, 2.75) is 19.0 Å². The Labute approximate surface area is 139 Å². The molecule has 2 aromatic rings. The summed E-state index contributed by atoms with van der Waals surface area (Å²) in [5.74, 6) is 0. The van der Waals surface area contributed by atoms with Gasteiger partial charge in [-0.1, -0.05) is 53.5 Å². The molecule has 1 saturated heterocycles. The molecule has 0 unspecified atom stereocenters. The molecule has 0 aliphatic carbocycles. The van der Waals surface area contributed by atoms with Crippen molar-refractivity contribution >= 4 is 23.2 Å². The van der Waals surface area contributed by atoms with Gasteiger partial charge in [0.1, 0.15) is 6.10 Å². The summed E-state index contributed by atoms with van der Waals surface area (Å²) in [4.78, 5) is 0. The monoisotopic (exact) mass is 338 g/mol. The lowest BCUT2D eigenvalue weighted by Crippen LogP contribution is -2.33. The molecule has 0 radical (unpaired) electrons. The summed E-state index contributed by atoms with van der Waals surface area (Å²) in [6.07, 6.45) is -0.529. The Kier molecular flexibility index (Phi) is 5.34. The predicted molar refractivity (Wildman–Crippen MR) is 86.1 cm³/mol. The lowest BCUT2D eigenvalue weighted by atomic mass is 10.2. The van der Waals surface area contributed by atoms with Crippen LogP contribution in [0, 0.1) is 0 Å². The number of rotatable bonds is 4. The van der Waals surface area contributed by atoms with Crippen molar-refractivity contribution in [1.82, 2.24) is 0 Å². The quantitative estimate of drug-likeness (QED) is 0.813. The van der Waals surface area contributed by atoms with E-state index < -0.39 is 6.29 Å². The average Bonchev–Trinajstić information content (AvgIpc) is 2.53. The second-order valence-electron chi connectivity index (χ2n) is 5.12. The number of halogens is 2. The van der Waals surface area contributed by atoms with Crippen LogP contribution in [0.1, 0.15) is 17.4 Å². The van der Waals surface area contributed by atoms with Crippen LogP contribution in [-0.2, 0) is 20.8 Å². The molecule has 1 aliphatic rings. The molecule has 0 aromatic heterocycles. The highest BCUT2D eigenvalue weighted by atomic mass is 35.5. The zero-order chi connectivity index (χ0) is 15.4. The summed E-state index contributed by atoms with van der Waals surface area (Å²) in [6.45, 7) is 1.50. The van der Waals surface area contributed by atoms with Gasteiger partial charge in [-0.3, -0.25) is 0 Å². The second kappa shape index (κ2) is 7.44. The summed E-state index contributed by atoms with van der Waals surface area (Å²) in [6, 6.07) is 15.3. The first-order valence-corrected chi connectivity index (χ1v) is 7.81. The van der Waals surface area contributed by atoms with Gasteiger partial charge < -0.3 is 14.2 Å². The fourth-order valence-corrected chi connectivity index (χ4v) is 2.82. The summed E-state index contributed by atoms with van der Waals surface area (Å²) in [7, 11) is 0. The normalized spacial score (nSPS) is 21.7. The maximum absolute atomic E-state index is 6.00. The molecule has 2 aromatic carbocycles. The van der Waals surface area contributed by atoms with Crippen molar-refractivity contribution in [1.29, 1.82) is 0 Å². The van der Waals surface area contributed by atoms with Gasteiger partial charge in [-0.2, -0.15) is 0 Å². The van der Waals surface area contributed by atoms with Crippen molar-refractivity contribution < 1.29 is 14.2 Å².